The normalized spacial score (nSPS) is 21.1. The van der Waals surface area contributed by atoms with Crippen LogP contribution in [-0.2, 0) is 0 Å². The zero-order chi connectivity index (χ0) is 13.4. The van der Waals surface area contributed by atoms with Gasteiger partial charge in [0.2, 0.25) is 0 Å². The van der Waals surface area contributed by atoms with Crippen LogP contribution >= 0.6 is 11.3 Å². The van der Waals surface area contributed by atoms with Crippen LogP contribution in [0.4, 0.5) is 0 Å². The lowest BCUT2D eigenvalue weighted by Crippen LogP contribution is -2.15. The van der Waals surface area contributed by atoms with Crippen molar-refractivity contribution in [3.05, 3.63) is 28.6 Å². The molecule has 0 amide bonds. The molecule has 1 unspecified atom stereocenters. The van der Waals surface area contributed by atoms with Crippen LogP contribution < -0.4 is 14.8 Å². The van der Waals surface area contributed by atoms with Crippen molar-refractivity contribution in [2.45, 2.75) is 12.3 Å². The van der Waals surface area contributed by atoms with E-state index >= 15 is 0 Å². The first-order valence-electron chi connectivity index (χ1n) is 6.96. The van der Waals surface area contributed by atoms with Crippen molar-refractivity contribution in [2.75, 3.05) is 26.3 Å². The van der Waals surface area contributed by atoms with Gasteiger partial charge in [-0.05, 0) is 31.2 Å². The molecule has 1 N–H and O–H groups in total. The predicted molar refractivity (Wildman–Crippen MR) is 78.8 cm³/mol. The van der Waals surface area contributed by atoms with Gasteiger partial charge in [0.1, 0.15) is 13.2 Å². The maximum atomic E-state index is 5.63. The summed E-state index contributed by atoms with van der Waals surface area (Å²) in [5.41, 5.74) is 2.14. The van der Waals surface area contributed by atoms with Gasteiger partial charge in [0, 0.05) is 23.4 Å². The molecule has 2 aromatic rings. The van der Waals surface area contributed by atoms with E-state index in [0.29, 0.717) is 19.1 Å². The molecule has 2 aliphatic rings. The van der Waals surface area contributed by atoms with Gasteiger partial charge < -0.3 is 14.8 Å². The van der Waals surface area contributed by atoms with Gasteiger partial charge in [-0.15, -0.1) is 11.3 Å². The Kier molecular flexibility index (Phi) is 3.09. The monoisotopic (exact) mass is 288 g/mol. The number of rotatable bonds is 2. The van der Waals surface area contributed by atoms with Gasteiger partial charge >= 0.3 is 0 Å². The summed E-state index contributed by atoms with van der Waals surface area (Å²) in [5.74, 6) is 2.23. The second kappa shape index (κ2) is 5.07. The molecule has 0 radical (unpaired) electrons. The molecule has 104 valence electrons. The Bertz CT molecular complexity index is 620. The molecule has 2 aliphatic heterocycles. The van der Waals surface area contributed by atoms with Gasteiger partial charge in [0.25, 0.3) is 0 Å². The average Bonchev–Trinajstić information content (AvgIpc) is 3.17. The molecule has 1 saturated heterocycles. The number of fused-ring (bicyclic) bond motifs is 1. The number of thiazole rings is 1. The summed E-state index contributed by atoms with van der Waals surface area (Å²) in [6.45, 7) is 3.39. The molecule has 5 heteroatoms. The highest BCUT2D eigenvalue weighted by Crippen LogP contribution is 2.36. The largest absolute Gasteiger partial charge is 0.486 e. The fourth-order valence-electron chi connectivity index (χ4n) is 2.68. The van der Waals surface area contributed by atoms with Crippen molar-refractivity contribution in [1.29, 1.82) is 0 Å². The van der Waals surface area contributed by atoms with E-state index in [9.17, 15) is 0 Å². The van der Waals surface area contributed by atoms with Crippen LogP contribution in [0.25, 0.3) is 11.3 Å². The van der Waals surface area contributed by atoms with Gasteiger partial charge in [0.15, 0.2) is 11.5 Å². The Morgan fingerprint density at radius 1 is 1.20 bits per heavy atom. The molecule has 0 saturated carbocycles. The Labute approximate surface area is 121 Å². The number of benzene rings is 1. The molecule has 0 spiro atoms. The lowest BCUT2D eigenvalue weighted by Gasteiger charge is -2.18. The Balaban J connectivity index is 1.63. The maximum absolute atomic E-state index is 5.63. The van der Waals surface area contributed by atoms with Gasteiger partial charge in [-0.2, -0.15) is 0 Å². The number of nitrogens with zero attached hydrogens (tertiary/aromatic N) is 1. The van der Waals surface area contributed by atoms with Crippen LogP contribution in [0, 0.1) is 0 Å². The lowest BCUT2D eigenvalue weighted by atomic mass is 10.1. The number of hydrogen-bond donors (Lipinski definition) is 1. The van der Waals surface area contributed by atoms with Crippen molar-refractivity contribution in [3.8, 4) is 22.8 Å². The van der Waals surface area contributed by atoms with Crippen molar-refractivity contribution < 1.29 is 9.47 Å². The molecular formula is C15H16N2O2S. The molecule has 20 heavy (non-hydrogen) atoms. The second-order valence-electron chi connectivity index (χ2n) is 5.12. The van der Waals surface area contributed by atoms with Gasteiger partial charge in [-0.3, -0.25) is 0 Å². The van der Waals surface area contributed by atoms with Gasteiger partial charge in [-0.1, -0.05) is 0 Å². The minimum absolute atomic E-state index is 0.575. The summed E-state index contributed by atoms with van der Waals surface area (Å²) in [6, 6.07) is 6.06. The quantitative estimate of drug-likeness (QED) is 0.922. The molecule has 3 heterocycles. The van der Waals surface area contributed by atoms with Crippen LogP contribution in [0.5, 0.6) is 11.5 Å². The fraction of sp³-hybridized carbons (Fsp3) is 0.400. The number of ether oxygens (including phenoxy) is 2. The zero-order valence-corrected chi connectivity index (χ0v) is 11.9. The highest BCUT2D eigenvalue weighted by atomic mass is 32.1. The molecular weight excluding hydrogens is 272 g/mol. The smallest absolute Gasteiger partial charge is 0.162 e. The molecule has 1 fully saturated rings. The molecule has 1 atom stereocenters. The summed E-state index contributed by atoms with van der Waals surface area (Å²) < 4.78 is 11.2. The molecule has 1 aromatic heterocycles. The summed E-state index contributed by atoms with van der Waals surface area (Å²) in [7, 11) is 0. The van der Waals surface area contributed by atoms with E-state index in [4.69, 9.17) is 14.5 Å². The van der Waals surface area contributed by atoms with Crippen LogP contribution in [-0.4, -0.2) is 31.3 Å². The van der Waals surface area contributed by atoms with Gasteiger partial charge in [0.05, 0.1) is 10.7 Å². The van der Waals surface area contributed by atoms with Crippen LogP contribution in [0.3, 0.4) is 0 Å². The van der Waals surface area contributed by atoms with E-state index in [2.05, 4.69) is 16.8 Å². The highest BCUT2D eigenvalue weighted by molar-refractivity contribution is 7.10. The third kappa shape index (κ3) is 2.17. The number of hydrogen-bond acceptors (Lipinski definition) is 5. The zero-order valence-electron chi connectivity index (χ0n) is 11.1. The standard InChI is InChI=1S/C15H16N2O2S/c1-2-13-14(19-6-5-18-13)7-10(1)12-9-20-15(17-12)11-3-4-16-8-11/h1-2,7,9,11,16H,3-6,8H2. The molecule has 4 nitrogen and oxygen atoms in total. The van der Waals surface area contributed by atoms with E-state index in [1.165, 1.54) is 11.4 Å². The van der Waals surface area contributed by atoms with Crippen LogP contribution in [0.2, 0.25) is 0 Å². The van der Waals surface area contributed by atoms with E-state index in [1.807, 2.05) is 12.1 Å². The average molecular weight is 288 g/mol. The molecule has 4 rings (SSSR count). The molecule has 0 aliphatic carbocycles. The van der Waals surface area contributed by atoms with Crippen molar-refractivity contribution >= 4 is 11.3 Å². The SMILES string of the molecule is c1cc2c(cc1-c1csc(C3CCNC3)n1)OCCO2. The van der Waals surface area contributed by atoms with Crippen molar-refractivity contribution in [1.82, 2.24) is 10.3 Å². The van der Waals surface area contributed by atoms with E-state index in [-0.39, 0.29) is 0 Å². The Morgan fingerprint density at radius 2 is 2.10 bits per heavy atom. The topological polar surface area (TPSA) is 43.4 Å². The summed E-state index contributed by atoms with van der Waals surface area (Å²) >= 11 is 1.76. The van der Waals surface area contributed by atoms with Crippen molar-refractivity contribution in [3.63, 3.8) is 0 Å². The molecule has 1 aromatic carbocycles. The first-order chi connectivity index (χ1) is 9.90. The number of aromatic nitrogens is 1. The van der Waals surface area contributed by atoms with E-state index < -0.39 is 0 Å². The first kappa shape index (κ1) is 12.2. The second-order valence-corrected chi connectivity index (χ2v) is 6.01. The fourth-order valence-corrected chi connectivity index (χ4v) is 3.64. The summed E-state index contributed by atoms with van der Waals surface area (Å²) in [4.78, 5) is 4.79. The summed E-state index contributed by atoms with van der Waals surface area (Å²) in [5, 5.41) is 6.76. The van der Waals surface area contributed by atoms with Gasteiger partial charge in [-0.25, -0.2) is 4.98 Å². The molecule has 0 bridgehead atoms. The maximum Gasteiger partial charge on any atom is 0.162 e. The van der Waals surface area contributed by atoms with Crippen LogP contribution in [0.1, 0.15) is 17.3 Å². The lowest BCUT2D eigenvalue weighted by molar-refractivity contribution is 0.171. The van der Waals surface area contributed by atoms with Crippen molar-refractivity contribution in [2.24, 2.45) is 0 Å². The Morgan fingerprint density at radius 3 is 2.95 bits per heavy atom. The predicted octanol–water partition coefficient (Wildman–Crippen LogP) is 2.66. The minimum atomic E-state index is 0.575. The van der Waals surface area contributed by atoms with E-state index in [1.54, 1.807) is 11.3 Å². The number of nitrogens with one attached hydrogen (secondary N) is 1. The van der Waals surface area contributed by atoms with Crippen LogP contribution in [0.15, 0.2) is 23.6 Å². The third-order valence-electron chi connectivity index (χ3n) is 3.77. The first-order valence-corrected chi connectivity index (χ1v) is 7.84. The minimum Gasteiger partial charge on any atom is -0.486 e. The summed E-state index contributed by atoms with van der Waals surface area (Å²) in [6.07, 6.45) is 1.19. The third-order valence-corrected chi connectivity index (χ3v) is 4.78. The van der Waals surface area contributed by atoms with E-state index in [0.717, 1.165) is 35.8 Å². The Hall–Kier alpha value is -1.59. The highest BCUT2D eigenvalue weighted by Gasteiger charge is 2.20.